The first-order chi connectivity index (χ1) is 15.7. The number of carbonyl (C=O) groups is 2. The maximum Gasteiger partial charge on any atom is 0.257 e. The molecule has 0 bridgehead atoms. The molecular weight excluding hydrogens is 442 g/mol. The second kappa shape index (κ2) is 10.8. The number of nitrogens with one attached hydrogen (secondary N) is 2. The normalized spacial score (nSPS) is 19.0. The minimum Gasteiger partial charge on any atom is -0.484 e. The van der Waals surface area contributed by atoms with Gasteiger partial charge in [-0.15, -0.1) is 0 Å². The highest BCUT2D eigenvalue weighted by Crippen LogP contribution is 2.27. The van der Waals surface area contributed by atoms with E-state index in [1.54, 1.807) is 36.4 Å². The van der Waals surface area contributed by atoms with Crippen LogP contribution in [-0.4, -0.2) is 50.8 Å². The molecule has 0 aliphatic carbocycles. The van der Waals surface area contributed by atoms with Crippen LogP contribution in [0.4, 0.5) is 5.69 Å². The van der Waals surface area contributed by atoms with E-state index in [2.05, 4.69) is 24.5 Å². The molecule has 0 radical (unpaired) electrons. The smallest absolute Gasteiger partial charge is 0.257 e. The third kappa shape index (κ3) is 6.55. The molecule has 0 spiro atoms. The van der Waals surface area contributed by atoms with Crippen LogP contribution >= 0.6 is 0 Å². The number of amides is 2. The largest absolute Gasteiger partial charge is 0.484 e. The lowest BCUT2D eigenvalue weighted by Gasteiger charge is -2.34. The van der Waals surface area contributed by atoms with Crippen molar-refractivity contribution in [2.75, 3.05) is 31.6 Å². The van der Waals surface area contributed by atoms with Gasteiger partial charge in [-0.25, -0.2) is 8.42 Å². The maximum atomic E-state index is 13.2. The molecule has 0 saturated carbocycles. The molecule has 2 aromatic rings. The van der Waals surface area contributed by atoms with Crippen molar-refractivity contribution in [3.8, 4) is 5.75 Å². The molecule has 0 aromatic heterocycles. The van der Waals surface area contributed by atoms with Gasteiger partial charge in [-0.05, 0) is 55.5 Å². The number of hydrogen-bond acceptors (Lipinski definition) is 5. The maximum absolute atomic E-state index is 13.2. The average Bonchev–Trinajstić information content (AvgIpc) is 2.77. The van der Waals surface area contributed by atoms with Crippen molar-refractivity contribution in [1.29, 1.82) is 0 Å². The van der Waals surface area contributed by atoms with E-state index in [1.807, 2.05) is 6.92 Å². The molecule has 178 valence electrons. The van der Waals surface area contributed by atoms with E-state index in [4.69, 9.17) is 4.74 Å². The third-order valence-electron chi connectivity index (χ3n) is 5.41. The van der Waals surface area contributed by atoms with Crippen LogP contribution in [0.3, 0.4) is 0 Å². The lowest BCUT2D eigenvalue weighted by atomic mass is 9.94. The second-order valence-electron chi connectivity index (χ2n) is 8.52. The summed E-state index contributed by atoms with van der Waals surface area (Å²) < 4.78 is 33.3. The summed E-state index contributed by atoms with van der Waals surface area (Å²) in [6.07, 6.45) is 1.00. The first-order valence-electron chi connectivity index (χ1n) is 11.1. The Kier molecular flexibility index (Phi) is 8.10. The number of carbonyl (C=O) groups excluding carboxylic acids is 2. The SMILES string of the molecule is CCNC(=O)COc1cccc(NC(=O)c2cccc(S(=O)(=O)N3CC(C)CC(C)C3)c2)c1. The zero-order chi connectivity index (χ0) is 24.0. The molecule has 2 N–H and O–H groups in total. The first kappa shape index (κ1) is 24.7. The lowest BCUT2D eigenvalue weighted by molar-refractivity contribution is -0.122. The van der Waals surface area contributed by atoms with Gasteiger partial charge < -0.3 is 15.4 Å². The van der Waals surface area contributed by atoms with Crippen LogP contribution in [0, 0.1) is 11.8 Å². The third-order valence-corrected chi connectivity index (χ3v) is 7.23. The molecule has 33 heavy (non-hydrogen) atoms. The number of likely N-dealkylation sites (N-methyl/N-ethyl adjacent to an activating group) is 1. The molecule has 9 heteroatoms. The number of rotatable bonds is 8. The van der Waals surface area contributed by atoms with Gasteiger partial charge in [0.1, 0.15) is 5.75 Å². The topological polar surface area (TPSA) is 105 Å². The van der Waals surface area contributed by atoms with Gasteiger partial charge in [-0.2, -0.15) is 4.31 Å². The number of hydrogen-bond donors (Lipinski definition) is 2. The van der Waals surface area contributed by atoms with E-state index in [0.29, 0.717) is 31.1 Å². The average molecular weight is 474 g/mol. The van der Waals surface area contributed by atoms with Crippen molar-refractivity contribution in [3.05, 3.63) is 54.1 Å². The fourth-order valence-electron chi connectivity index (χ4n) is 4.01. The second-order valence-corrected chi connectivity index (χ2v) is 10.5. The van der Waals surface area contributed by atoms with Crippen LogP contribution in [0.15, 0.2) is 53.4 Å². The fraction of sp³-hybridized carbons (Fsp3) is 0.417. The molecule has 2 atom stereocenters. The fourth-order valence-corrected chi connectivity index (χ4v) is 5.74. The van der Waals surface area contributed by atoms with Gasteiger partial charge in [-0.3, -0.25) is 9.59 Å². The summed E-state index contributed by atoms with van der Waals surface area (Å²) in [7, 11) is -3.69. The Morgan fingerprint density at radius 1 is 1.06 bits per heavy atom. The lowest BCUT2D eigenvalue weighted by Crippen LogP contribution is -2.42. The Labute approximate surface area is 195 Å². The standard InChI is InChI=1S/C24H31N3O5S/c1-4-25-23(28)16-32-21-9-6-8-20(13-21)26-24(29)19-7-5-10-22(12-19)33(30,31)27-14-17(2)11-18(3)15-27/h5-10,12-13,17-18H,4,11,14-16H2,1-3H3,(H,25,28)(H,26,29). The first-order valence-corrected chi connectivity index (χ1v) is 12.5. The molecule has 2 aromatic carbocycles. The summed E-state index contributed by atoms with van der Waals surface area (Å²) in [4.78, 5) is 24.5. The predicted molar refractivity (Wildman–Crippen MR) is 127 cm³/mol. The Bertz CT molecular complexity index is 1090. The van der Waals surface area contributed by atoms with Crippen LogP contribution in [0.2, 0.25) is 0 Å². The van der Waals surface area contributed by atoms with E-state index in [0.717, 1.165) is 6.42 Å². The van der Waals surface area contributed by atoms with E-state index >= 15 is 0 Å². The van der Waals surface area contributed by atoms with Gasteiger partial charge in [0.05, 0.1) is 4.90 Å². The Balaban J connectivity index is 1.71. The van der Waals surface area contributed by atoms with Gasteiger partial charge in [0.2, 0.25) is 10.0 Å². The van der Waals surface area contributed by atoms with Crippen molar-refractivity contribution in [3.63, 3.8) is 0 Å². The summed E-state index contributed by atoms with van der Waals surface area (Å²) in [5, 5.41) is 5.40. The number of ether oxygens (including phenoxy) is 1. The van der Waals surface area contributed by atoms with Crippen molar-refractivity contribution < 1.29 is 22.7 Å². The molecule has 1 saturated heterocycles. The van der Waals surface area contributed by atoms with Crippen LogP contribution in [0.1, 0.15) is 37.6 Å². The summed E-state index contributed by atoms with van der Waals surface area (Å²) in [5.74, 6) is 0.342. The highest BCUT2D eigenvalue weighted by molar-refractivity contribution is 7.89. The van der Waals surface area contributed by atoms with Crippen LogP contribution in [0.25, 0.3) is 0 Å². The van der Waals surface area contributed by atoms with Crippen molar-refractivity contribution in [2.24, 2.45) is 11.8 Å². The van der Waals surface area contributed by atoms with Crippen LogP contribution in [-0.2, 0) is 14.8 Å². The molecule has 1 fully saturated rings. The molecular formula is C24H31N3O5S. The summed E-state index contributed by atoms with van der Waals surface area (Å²) in [6.45, 7) is 7.27. The van der Waals surface area contributed by atoms with Gasteiger partial charge in [0, 0.05) is 37.0 Å². The van der Waals surface area contributed by atoms with Crippen LogP contribution in [0.5, 0.6) is 5.75 Å². The van der Waals surface area contributed by atoms with E-state index in [9.17, 15) is 18.0 Å². The molecule has 1 heterocycles. The van der Waals surface area contributed by atoms with Crippen molar-refractivity contribution >= 4 is 27.5 Å². The Morgan fingerprint density at radius 3 is 2.45 bits per heavy atom. The Morgan fingerprint density at radius 2 is 1.76 bits per heavy atom. The summed E-state index contributed by atoms with van der Waals surface area (Å²) >= 11 is 0. The number of piperidine rings is 1. The highest BCUT2D eigenvalue weighted by atomic mass is 32.2. The van der Waals surface area contributed by atoms with Gasteiger partial charge in [0.25, 0.3) is 11.8 Å². The highest BCUT2D eigenvalue weighted by Gasteiger charge is 2.32. The molecule has 8 nitrogen and oxygen atoms in total. The monoisotopic (exact) mass is 473 g/mol. The summed E-state index contributed by atoms with van der Waals surface area (Å²) in [5.41, 5.74) is 0.711. The van der Waals surface area contributed by atoms with Crippen molar-refractivity contribution in [1.82, 2.24) is 9.62 Å². The zero-order valence-corrected chi connectivity index (χ0v) is 20.0. The van der Waals surface area contributed by atoms with E-state index in [-0.39, 0.29) is 34.8 Å². The Hall–Kier alpha value is -2.91. The molecule has 2 amide bonds. The van der Waals surface area contributed by atoms with Crippen LogP contribution < -0.4 is 15.4 Å². The number of benzene rings is 2. The minimum atomic E-state index is -3.69. The number of anilines is 1. The minimum absolute atomic E-state index is 0.107. The van der Waals surface area contributed by atoms with Gasteiger partial charge in [-0.1, -0.05) is 26.0 Å². The summed E-state index contributed by atoms with van der Waals surface area (Å²) in [6, 6.07) is 12.7. The number of nitrogens with zero attached hydrogens (tertiary/aromatic N) is 1. The van der Waals surface area contributed by atoms with Crippen molar-refractivity contribution in [2.45, 2.75) is 32.1 Å². The van der Waals surface area contributed by atoms with E-state index in [1.165, 1.54) is 16.4 Å². The molecule has 3 rings (SSSR count). The van der Waals surface area contributed by atoms with E-state index < -0.39 is 15.9 Å². The quantitative estimate of drug-likeness (QED) is 0.613. The molecule has 1 aliphatic heterocycles. The zero-order valence-electron chi connectivity index (χ0n) is 19.2. The van der Waals surface area contributed by atoms with Gasteiger partial charge in [0.15, 0.2) is 6.61 Å². The van der Waals surface area contributed by atoms with Gasteiger partial charge >= 0.3 is 0 Å². The predicted octanol–water partition coefficient (Wildman–Crippen LogP) is 3.12. The molecule has 2 unspecified atom stereocenters. The number of sulfonamides is 1. The molecule has 1 aliphatic rings.